The van der Waals surface area contributed by atoms with Gasteiger partial charge in [0.2, 0.25) is 0 Å². The first-order chi connectivity index (χ1) is 7.84. The first kappa shape index (κ1) is 11.2. The van der Waals surface area contributed by atoms with Crippen LogP contribution in [0, 0.1) is 0 Å². The van der Waals surface area contributed by atoms with Crippen LogP contribution in [0.5, 0.6) is 0 Å². The molecule has 1 saturated heterocycles. The molecule has 1 aliphatic heterocycles. The second-order valence-electron chi connectivity index (χ2n) is 3.90. The molecule has 16 heavy (non-hydrogen) atoms. The van der Waals surface area contributed by atoms with E-state index in [0.29, 0.717) is 12.4 Å². The van der Waals surface area contributed by atoms with E-state index in [1.807, 2.05) is 0 Å². The van der Waals surface area contributed by atoms with Crippen molar-refractivity contribution in [3.05, 3.63) is 24.2 Å². The summed E-state index contributed by atoms with van der Waals surface area (Å²) in [5, 5.41) is 0. The molecule has 1 aromatic heterocycles. The third-order valence-electron chi connectivity index (χ3n) is 2.63. The molecular formula is C12H16O4. The van der Waals surface area contributed by atoms with E-state index < -0.39 is 0 Å². The van der Waals surface area contributed by atoms with E-state index in [1.165, 1.54) is 0 Å². The molecule has 2 heterocycles. The summed E-state index contributed by atoms with van der Waals surface area (Å²) in [5.41, 5.74) is 0. The van der Waals surface area contributed by atoms with Gasteiger partial charge in [0, 0.05) is 13.0 Å². The molecule has 4 heteroatoms. The van der Waals surface area contributed by atoms with Crippen molar-refractivity contribution in [3.63, 3.8) is 0 Å². The number of hydrogen-bond donors (Lipinski definition) is 0. The number of esters is 1. The van der Waals surface area contributed by atoms with E-state index in [1.54, 1.807) is 18.4 Å². The maximum Gasteiger partial charge on any atom is 0.313 e. The van der Waals surface area contributed by atoms with Crippen LogP contribution in [-0.2, 0) is 20.7 Å². The molecule has 0 spiro atoms. The second kappa shape index (κ2) is 5.70. The molecular weight excluding hydrogens is 208 g/mol. The molecule has 0 aromatic carbocycles. The highest BCUT2D eigenvalue weighted by atomic mass is 16.5. The van der Waals surface area contributed by atoms with Gasteiger partial charge in [0.25, 0.3) is 0 Å². The van der Waals surface area contributed by atoms with Crippen molar-refractivity contribution in [2.45, 2.75) is 31.8 Å². The van der Waals surface area contributed by atoms with E-state index in [2.05, 4.69) is 0 Å². The molecule has 0 amide bonds. The highest BCUT2D eigenvalue weighted by molar-refractivity contribution is 5.71. The van der Waals surface area contributed by atoms with Gasteiger partial charge in [-0.05, 0) is 25.0 Å². The van der Waals surface area contributed by atoms with Gasteiger partial charge in [0.05, 0.1) is 19.0 Å². The maximum atomic E-state index is 11.4. The summed E-state index contributed by atoms with van der Waals surface area (Å²) in [6, 6.07) is 3.52. The predicted molar refractivity (Wildman–Crippen MR) is 57.0 cm³/mol. The number of carbonyl (C=O) groups excluding carboxylic acids is 1. The minimum Gasteiger partial charge on any atom is -0.469 e. The van der Waals surface area contributed by atoms with Crippen LogP contribution in [0.3, 0.4) is 0 Å². The molecule has 1 aliphatic rings. The molecule has 0 saturated carbocycles. The van der Waals surface area contributed by atoms with Gasteiger partial charge in [0.1, 0.15) is 12.2 Å². The fourth-order valence-electron chi connectivity index (χ4n) is 1.78. The number of hydrogen-bond acceptors (Lipinski definition) is 4. The summed E-state index contributed by atoms with van der Waals surface area (Å²) in [6.45, 7) is 1.27. The molecule has 0 N–H and O–H groups in total. The predicted octanol–water partition coefficient (Wildman–Crippen LogP) is 1.93. The van der Waals surface area contributed by atoms with Gasteiger partial charge in [-0.2, -0.15) is 0 Å². The average molecular weight is 224 g/mol. The lowest BCUT2D eigenvalue weighted by Gasteiger charge is -2.09. The van der Waals surface area contributed by atoms with E-state index >= 15 is 0 Å². The number of ether oxygens (including phenoxy) is 2. The Labute approximate surface area is 94.5 Å². The van der Waals surface area contributed by atoms with E-state index in [4.69, 9.17) is 13.9 Å². The summed E-state index contributed by atoms with van der Waals surface area (Å²) >= 11 is 0. The van der Waals surface area contributed by atoms with Gasteiger partial charge in [-0.3, -0.25) is 4.79 Å². The molecule has 0 radical (unpaired) electrons. The van der Waals surface area contributed by atoms with Crippen LogP contribution in [0.1, 0.15) is 25.0 Å². The summed E-state index contributed by atoms with van der Waals surface area (Å²) in [7, 11) is 0. The Kier molecular flexibility index (Phi) is 3.99. The molecule has 0 unspecified atom stereocenters. The normalized spacial score (nSPS) is 19.9. The topological polar surface area (TPSA) is 48.7 Å². The van der Waals surface area contributed by atoms with Gasteiger partial charge in [-0.1, -0.05) is 0 Å². The SMILES string of the molecule is O=C(Cc1ccco1)OCC[C@@H]1CCCO1. The van der Waals surface area contributed by atoms with Gasteiger partial charge in [-0.25, -0.2) is 0 Å². The minimum absolute atomic E-state index is 0.207. The summed E-state index contributed by atoms with van der Waals surface area (Å²) < 4.78 is 15.6. The highest BCUT2D eigenvalue weighted by Gasteiger charge is 2.16. The Balaban J connectivity index is 1.60. The fraction of sp³-hybridized carbons (Fsp3) is 0.583. The average Bonchev–Trinajstić information content (AvgIpc) is 2.90. The molecule has 4 nitrogen and oxygen atoms in total. The van der Waals surface area contributed by atoms with Crippen LogP contribution in [0.2, 0.25) is 0 Å². The van der Waals surface area contributed by atoms with Crippen molar-refractivity contribution in [2.75, 3.05) is 13.2 Å². The Hall–Kier alpha value is -1.29. The summed E-state index contributed by atoms with van der Waals surface area (Å²) in [5.74, 6) is 0.398. The molecule has 2 rings (SSSR count). The number of rotatable bonds is 5. The third-order valence-corrected chi connectivity index (χ3v) is 2.63. The van der Waals surface area contributed by atoms with Crippen LogP contribution in [-0.4, -0.2) is 25.3 Å². The molecule has 1 atom stereocenters. The van der Waals surface area contributed by atoms with Crippen molar-refractivity contribution in [3.8, 4) is 0 Å². The molecule has 88 valence electrons. The lowest BCUT2D eigenvalue weighted by molar-refractivity contribution is -0.143. The lowest BCUT2D eigenvalue weighted by atomic mass is 10.2. The molecule has 0 bridgehead atoms. The Bertz CT molecular complexity index is 312. The van der Waals surface area contributed by atoms with Crippen molar-refractivity contribution in [1.82, 2.24) is 0 Å². The molecule has 1 aromatic rings. The van der Waals surface area contributed by atoms with Crippen molar-refractivity contribution in [1.29, 1.82) is 0 Å². The van der Waals surface area contributed by atoms with Gasteiger partial charge in [-0.15, -0.1) is 0 Å². The Morgan fingerprint density at radius 2 is 2.50 bits per heavy atom. The zero-order chi connectivity index (χ0) is 11.2. The van der Waals surface area contributed by atoms with Gasteiger partial charge in [0.15, 0.2) is 0 Å². The number of furan rings is 1. The highest BCUT2D eigenvalue weighted by Crippen LogP contribution is 2.15. The van der Waals surface area contributed by atoms with Crippen LogP contribution >= 0.6 is 0 Å². The summed E-state index contributed by atoms with van der Waals surface area (Å²) in [6.07, 6.45) is 5.02. The first-order valence-electron chi connectivity index (χ1n) is 5.64. The van der Waals surface area contributed by atoms with Crippen LogP contribution in [0.25, 0.3) is 0 Å². The van der Waals surface area contributed by atoms with E-state index in [-0.39, 0.29) is 18.5 Å². The third kappa shape index (κ3) is 3.38. The second-order valence-corrected chi connectivity index (χ2v) is 3.90. The van der Waals surface area contributed by atoms with Gasteiger partial charge >= 0.3 is 5.97 Å². The molecule has 1 fully saturated rings. The quantitative estimate of drug-likeness (QED) is 0.717. The van der Waals surface area contributed by atoms with Crippen LogP contribution < -0.4 is 0 Å². The van der Waals surface area contributed by atoms with Gasteiger partial charge < -0.3 is 13.9 Å². The van der Waals surface area contributed by atoms with Crippen molar-refractivity contribution < 1.29 is 18.7 Å². The standard InChI is InChI=1S/C12H16O4/c13-12(9-11-4-2-7-15-11)16-8-5-10-3-1-6-14-10/h2,4,7,10H,1,3,5-6,8-9H2/t10-/m0/s1. The van der Waals surface area contributed by atoms with Crippen LogP contribution in [0.15, 0.2) is 22.8 Å². The van der Waals surface area contributed by atoms with Crippen molar-refractivity contribution in [2.24, 2.45) is 0 Å². The lowest BCUT2D eigenvalue weighted by Crippen LogP contribution is -2.13. The van der Waals surface area contributed by atoms with Crippen LogP contribution in [0.4, 0.5) is 0 Å². The zero-order valence-electron chi connectivity index (χ0n) is 9.19. The zero-order valence-corrected chi connectivity index (χ0v) is 9.19. The Morgan fingerprint density at radius 1 is 1.56 bits per heavy atom. The van der Waals surface area contributed by atoms with Crippen molar-refractivity contribution >= 4 is 5.97 Å². The molecule has 0 aliphatic carbocycles. The maximum absolute atomic E-state index is 11.4. The summed E-state index contributed by atoms with van der Waals surface area (Å²) in [4.78, 5) is 11.4. The minimum atomic E-state index is -0.243. The first-order valence-corrected chi connectivity index (χ1v) is 5.64. The smallest absolute Gasteiger partial charge is 0.313 e. The monoisotopic (exact) mass is 224 g/mol. The Morgan fingerprint density at radius 3 is 3.19 bits per heavy atom. The van der Waals surface area contributed by atoms with E-state index in [9.17, 15) is 4.79 Å². The fourth-order valence-corrected chi connectivity index (χ4v) is 1.78. The largest absolute Gasteiger partial charge is 0.469 e. The number of carbonyl (C=O) groups is 1. The van der Waals surface area contributed by atoms with E-state index in [0.717, 1.165) is 25.9 Å².